The van der Waals surface area contributed by atoms with Gasteiger partial charge in [0.2, 0.25) is 0 Å². The first-order valence-electron chi connectivity index (χ1n) is 7.29. The average molecular weight is 339 g/mol. The van der Waals surface area contributed by atoms with Crippen molar-refractivity contribution in [2.45, 2.75) is 19.3 Å². The van der Waals surface area contributed by atoms with Crippen LogP contribution in [-0.4, -0.2) is 0 Å². The van der Waals surface area contributed by atoms with Crippen molar-refractivity contribution in [3.05, 3.63) is 70.2 Å². The van der Waals surface area contributed by atoms with E-state index in [2.05, 4.69) is 52.3 Å². The standard InChI is InChI=1S/C19H15BrO/c20-17-16-12-6-10-13-7-4-5-11-15(13)19(16)21-18(17)14-8-2-1-3-9-14/h1-5,7-9,11H,6,10,12H2. The highest BCUT2D eigenvalue weighted by Gasteiger charge is 2.24. The normalized spacial score (nSPS) is 13.4. The molecule has 1 aliphatic rings. The van der Waals surface area contributed by atoms with Crippen LogP contribution in [0, 0.1) is 0 Å². The Balaban J connectivity index is 1.95. The smallest absolute Gasteiger partial charge is 0.149 e. The highest BCUT2D eigenvalue weighted by atomic mass is 79.9. The van der Waals surface area contributed by atoms with Gasteiger partial charge in [-0.15, -0.1) is 0 Å². The van der Waals surface area contributed by atoms with Gasteiger partial charge in [-0.3, -0.25) is 0 Å². The molecule has 1 nitrogen and oxygen atoms in total. The van der Waals surface area contributed by atoms with E-state index in [1.54, 1.807) is 0 Å². The molecule has 1 aromatic heterocycles. The maximum absolute atomic E-state index is 6.28. The van der Waals surface area contributed by atoms with Crippen molar-refractivity contribution < 1.29 is 4.42 Å². The van der Waals surface area contributed by atoms with Gasteiger partial charge in [0.05, 0.1) is 4.47 Å². The predicted molar refractivity (Wildman–Crippen MR) is 89.3 cm³/mol. The van der Waals surface area contributed by atoms with Crippen LogP contribution in [0.25, 0.3) is 22.6 Å². The number of hydrogen-bond donors (Lipinski definition) is 0. The topological polar surface area (TPSA) is 13.1 Å². The number of benzene rings is 2. The van der Waals surface area contributed by atoms with Gasteiger partial charge in [-0.2, -0.15) is 0 Å². The van der Waals surface area contributed by atoms with Gasteiger partial charge in [-0.05, 0) is 40.8 Å². The van der Waals surface area contributed by atoms with Gasteiger partial charge in [0.25, 0.3) is 0 Å². The van der Waals surface area contributed by atoms with Crippen LogP contribution in [0.3, 0.4) is 0 Å². The summed E-state index contributed by atoms with van der Waals surface area (Å²) in [7, 11) is 0. The molecule has 0 fully saturated rings. The summed E-state index contributed by atoms with van der Waals surface area (Å²) < 4.78 is 7.39. The fourth-order valence-corrected chi connectivity index (χ4v) is 3.76. The van der Waals surface area contributed by atoms with Crippen LogP contribution >= 0.6 is 15.9 Å². The minimum atomic E-state index is 0.942. The lowest BCUT2D eigenvalue weighted by Gasteiger charge is -2.04. The molecular formula is C19H15BrO. The van der Waals surface area contributed by atoms with Gasteiger partial charge in [-0.25, -0.2) is 0 Å². The molecule has 3 aromatic rings. The molecule has 0 N–H and O–H groups in total. The minimum absolute atomic E-state index is 0.942. The van der Waals surface area contributed by atoms with Crippen molar-refractivity contribution >= 4 is 15.9 Å². The summed E-state index contributed by atoms with van der Waals surface area (Å²) in [6.07, 6.45) is 3.34. The Morgan fingerprint density at radius 3 is 2.43 bits per heavy atom. The summed E-state index contributed by atoms with van der Waals surface area (Å²) in [6.45, 7) is 0. The Hall–Kier alpha value is -1.80. The van der Waals surface area contributed by atoms with E-state index in [1.165, 1.54) is 16.7 Å². The van der Waals surface area contributed by atoms with E-state index in [9.17, 15) is 0 Å². The van der Waals surface area contributed by atoms with Gasteiger partial charge < -0.3 is 4.42 Å². The van der Waals surface area contributed by atoms with E-state index < -0.39 is 0 Å². The van der Waals surface area contributed by atoms with Gasteiger partial charge >= 0.3 is 0 Å². The Kier molecular flexibility index (Phi) is 3.19. The number of aryl methyl sites for hydroxylation is 1. The number of furan rings is 1. The Morgan fingerprint density at radius 2 is 1.57 bits per heavy atom. The number of rotatable bonds is 1. The summed E-state index contributed by atoms with van der Waals surface area (Å²) in [5.74, 6) is 1.98. The molecule has 0 saturated heterocycles. The molecule has 4 rings (SSSR count). The Morgan fingerprint density at radius 1 is 0.810 bits per heavy atom. The van der Waals surface area contributed by atoms with Gasteiger partial charge in [0.15, 0.2) is 0 Å². The fraction of sp³-hybridized carbons (Fsp3) is 0.158. The zero-order chi connectivity index (χ0) is 14.2. The summed E-state index contributed by atoms with van der Waals surface area (Å²) in [4.78, 5) is 0. The highest BCUT2D eigenvalue weighted by molar-refractivity contribution is 9.10. The van der Waals surface area contributed by atoms with Gasteiger partial charge in [0, 0.05) is 16.7 Å². The largest absolute Gasteiger partial charge is 0.455 e. The second kappa shape index (κ2) is 5.19. The van der Waals surface area contributed by atoms with Crippen LogP contribution in [-0.2, 0) is 12.8 Å². The van der Waals surface area contributed by atoms with Crippen molar-refractivity contribution in [2.75, 3.05) is 0 Å². The third-order valence-corrected chi connectivity index (χ3v) is 4.95. The fourth-order valence-electron chi connectivity index (χ4n) is 3.08. The molecule has 2 heteroatoms. The lowest BCUT2D eigenvalue weighted by atomic mass is 10.0. The third kappa shape index (κ3) is 2.14. The van der Waals surface area contributed by atoms with Crippen molar-refractivity contribution in [1.29, 1.82) is 0 Å². The second-order valence-electron chi connectivity index (χ2n) is 5.43. The Labute approximate surface area is 132 Å². The molecule has 104 valence electrons. The lowest BCUT2D eigenvalue weighted by molar-refractivity contribution is 0.594. The van der Waals surface area contributed by atoms with Crippen LogP contribution in [0.2, 0.25) is 0 Å². The molecule has 0 amide bonds. The number of hydrogen-bond acceptors (Lipinski definition) is 1. The Bertz CT molecular complexity index is 787. The number of fused-ring (bicyclic) bond motifs is 3. The summed E-state index contributed by atoms with van der Waals surface area (Å²) in [6, 6.07) is 18.9. The molecule has 2 aromatic carbocycles. The molecule has 0 radical (unpaired) electrons. The SMILES string of the molecule is Brc1c(-c2ccccc2)oc2c1CCCc1ccccc1-2. The first-order chi connectivity index (χ1) is 10.3. The monoisotopic (exact) mass is 338 g/mol. The van der Waals surface area contributed by atoms with Crippen LogP contribution in [0.1, 0.15) is 17.5 Å². The molecule has 0 saturated carbocycles. The van der Waals surface area contributed by atoms with E-state index in [1.807, 2.05) is 18.2 Å². The molecule has 21 heavy (non-hydrogen) atoms. The maximum atomic E-state index is 6.28. The van der Waals surface area contributed by atoms with Gasteiger partial charge in [0.1, 0.15) is 11.5 Å². The average Bonchev–Trinajstić information content (AvgIpc) is 2.75. The first kappa shape index (κ1) is 12.9. The molecule has 0 atom stereocenters. The summed E-state index contributed by atoms with van der Waals surface area (Å²) in [5, 5.41) is 0. The van der Waals surface area contributed by atoms with E-state index in [-0.39, 0.29) is 0 Å². The van der Waals surface area contributed by atoms with Crippen LogP contribution in [0.5, 0.6) is 0 Å². The second-order valence-corrected chi connectivity index (χ2v) is 6.22. The molecule has 1 aliphatic carbocycles. The van der Waals surface area contributed by atoms with Crippen molar-refractivity contribution in [3.63, 3.8) is 0 Å². The zero-order valence-corrected chi connectivity index (χ0v) is 13.2. The van der Waals surface area contributed by atoms with E-state index >= 15 is 0 Å². The summed E-state index contributed by atoms with van der Waals surface area (Å²) in [5.41, 5.74) is 5.05. The first-order valence-corrected chi connectivity index (χ1v) is 8.09. The molecular weight excluding hydrogens is 324 g/mol. The zero-order valence-electron chi connectivity index (χ0n) is 11.6. The van der Waals surface area contributed by atoms with Crippen LogP contribution in [0.15, 0.2) is 63.5 Å². The van der Waals surface area contributed by atoms with Gasteiger partial charge in [-0.1, -0.05) is 54.6 Å². The lowest BCUT2D eigenvalue weighted by Crippen LogP contribution is -1.86. The molecule has 0 unspecified atom stereocenters. The molecule has 0 bridgehead atoms. The molecule has 0 aliphatic heterocycles. The summed E-state index contributed by atoms with van der Waals surface area (Å²) >= 11 is 3.77. The molecule has 1 heterocycles. The maximum Gasteiger partial charge on any atom is 0.149 e. The quantitative estimate of drug-likeness (QED) is 0.541. The highest BCUT2D eigenvalue weighted by Crippen LogP contribution is 2.43. The minimum Gasteiger partial charge on any atom is -0.455 e. The van der Waals surface area contributed by atoms with Crippen molar-refractivity contribution in [3.8, 4) is 22.6 Å². The number of halogens is 1. The van der Waals surface area contributed by atoms with Crippen LogP contribution in [0.4, 0.5) is 0 Å². The predicted octanol–water partition coefficient (Wildman–Crippen LogP) is 5.86. The molecule has 0 spiro atoms. The van der Waals surface area contributed by atoms with E-state index in [0.29, 0.717) is 0 Å². The van der Waals surface area contributed by atoms with E-state index in [0.717, 1.165) is 40.8 Å². The van der Waals surface area contributed by atoms with E-state index in [4.69, 9.17) is 4.42 Å². The van der Waals surface area contributed by atoms with Crippen molar-refractivity contribution in [2.24, 2.45) is 0 Å². The van der Waals surface area contributed by atoms with Crippen LogP contribution < -0.4 is 0 Å². The van der Waals surface area contributed by atoms with Crippen molar-refractivity contribution in [1.82, 2.24) is 0 Å². The third-order valence-electron chi connectivity index (χ3n) is 4.11.